The second-order valence-electron chi connectivity index (χ2n) is 4.30. The van der Waals surface area contributed by atoms with Gasteiger partial charge in [0, 0.05) is 18.8 Å². The Kier molecular flexibility index (Phi) is 5.49. The maximum atomic E-state index is 13.1. The van der Waals surface area contributed by atoms with Crippen LogP contribution in [0.15, 0.2) is 41.0 Å². The second-order valence-corrected chi connectivity index (χ2v) is 5.16. The normalized spacial score (nSPS) is 10.6. The Bertz CT molecular complexity index is 560. The lowest BCUT2D eigenvalue weighted by Gasteiger charge is -2.08. The summed E-state index contributed by atoms with van der Waals surface area (Å²) in [6.45, 7) is 4.11. The SMILES string of the molecule is CCNCc1ccc(COc2cc(F)ccc2Br)nc1. The predicted octanol–water partition coefficient (Wildman–Crippen LogP) is 3.67. The van der Waals surface area contributed by atoms with Crippen LogP contribution in [0.1, 0.15) is 18.2 Å². The van der Waals surface area contributed by atoms with E-state index in [0.29, 0.717) is 12.4 Å². The van der Waals surface area contributed by atoms with Gasteiger partial charge in [-0.2, -0.15) is 0 Å². The number of rotatable bonds is 6. The van der Waals surface area contributed by atoms with E-state index in [9.17, 15) is 4.39 Å². The summed E-state index contributed by atoms with van der Waals surface area (Å²) in [5.74, 6) is 0.153. The first-order valence-electron chi connectivity index (χ1n) is 6.41. The number of nitrogens with zero attached hydrogens (tertiary/aromatic N) is 1. The van der Waals surface area contributed by atoms with E-state index in [1.165, 1.54) is 12.1 Å². The molecule has 0 aliphatic heterocycles. The third kappa shape index (κ3) is 4.28. The van der Waals surface area contributed by atoms with Crippen molar-refractivity contribution < 1.29 is 9.13 Å². The zero-order chi connectivity index (χ0) is 14.4. The highest BCUT2D eigenvalue weighted by Gasteiger charge is 2.04. The molecular weight excluding hydrogens is 323 g/mol. The Morgan fingerprint density at radius 1 is 1.30 bits per heavy atom. The first-order chi connectivity index (χ1) is 9.69. The lowest BCUT2D eigenvalue weighted by atomic mass is 10.2. The van der Waals surface area contributed by atoms with Crippen molar-refractivity contribution >= 4 is 15.9 Å². The molecule has 0 saturated carbocycles. The molecule has 0 aliphatic carbocycles. The Morgan fingerprint density at radius 3 is 2.85 bits per heavy atom. The number of benzene rings is 1. The quantitative estimate of drug-likeness (QED) is 0.872. The molecule has 0 amide bonds. The van der Waals surface area contributed by atoms with Gasteiger partial charge in [-0.25, -0.2) is 4.39 Å². The van der Waals surface area contributed by atoms with Crippen LogP contribution in [0.5, 0.6) is 5.75 Å². The van der Waals surface area contributed by atoms with E-state index in [-0.39, 0.29) is 5.82 Å². The second kappa shape index (κ2) is 7.36. The lowest BCUT2D eigenvalue weighted by Crippen LogP contribution is -2.12. The number of halogens is 2. The van der Waals surface area contributed by atoms with Crippen LogP contribution in [0, 0.1) is 5.82 Å². The average molecular weight is 339 g/mol. The van der Waals surface area contributed by atoms with Crippen LogP contribution in [0.3, 0.4) is 0 Å². The summed E-state index contributed by atoms with van der Waals surface area (Å²) in [5, 5.41) is 3.24. The molecule has 0 aliphatic rings. The minimum Gasteiger partial charge on any atom is -0.486 e. The predicted molar refractivity (Wildman–Crippen MR) is 80.0 cm³/mol. The van der Waals surface area contributed by atoms with Crippen molar-refractivity contribution in [1.82, 2.24) is 10.3 Å². The largest absolute Gasteiger partial charge is 0.486 e. The van der Waals surface area contributed by atoms with Gasteiger partial charge in [-0.1, -0.05) is 13.0 Å². The fourth-order valence-corrected chi connectivity index (χ4v) is 2.01. The molecule has 3 nitrogen and oxygen atoms in total. The van der Waals surface area contributed by atoms with Crippen molar-refractivity contribution in [3.05, 3.63) is 58.1 Å². The third-order valence-electron chi connectivity index (χ3n) is 2.73. The van der Waals surface area contributed by atoms with Crippen molar-refractivity contribution in [2.75, 3.05) is 6.54 Å². The average Bonchev–Trinajstić information content (AvgIpc) is 2.47. The number of pyridine rings is 1. The maximum Gasteiger partial charge on any atom is 0.136 e. The molecule has 20 heavy (non-hydrogen) atoms. The van der Waals surface area contributed by atoms with Crippen LogP contribution >= 0.6 is 15.9 Å². The van der Waals surface area contributed by atoms with Gasteiger partial charge in [0.05, 0.1) is 10.2 Å². The van der Waals surface area contributed by atoms with Gasteiger partial charge in [-0.15, -0.1) is 0 Å². The van der Waals surface area contributed by atoms with E-state index >= 15 is 0 Å². The number of nitrogens with one attached hydrogen (secondary N) is 1. The summed E-state index contributed by atoms with van der Waals surface area (Å²) >= 11 is 3.32. The molecule has 2 aromatic rings. The molecule has 0 fully saturated rings. The third-order valence-corrected chi connectivity index (χ3v) is 3.39. The van der Waals surface area contributed by atoms with Gasteiger partial charge in [0.2, 0.25) is 0 Å². The van der Waals surface area contributed by atoms with Crippen molar-refractivity contribution in [3.8, 4) is 5.75 Å². The zero-order valence-electron chi connectivity index (χ0n) is 11.2. The van der Waals surface area contributed by atoms with E-state index in [2.05, 4.69) is 33.2 Å². The van der Waals surface area contributed by atoms with Crippen LogP contribution in [0.25, 0.3) is 0 Å². The van der Waals surface area contributed by atoms with E-state index in [4.69, 9.17) is 4.74 Å². The summed E-state index contributed by atoms with van der Waals surface area (Å²) in [4.78, 5) is 4.32. The number of hydrogen-bond donors (Lipinski definition) is 1. The van der Waals surface area contributed by atoms with Gasteiger partial charge in [-0.05, 0) is 46.2 Å². The molecule has 0 saturated heterocycles. The number of ether oxygens (including phenoxy) is 1. The standard InChI is InChI=1S/C15H16BrFN2O/c1-2-18-8-11-3-5-13(19-9-11)10-20-15-7-12(17)4-6-14(15)16/h3-7,9,18H,2,8,10H2,1H3. The van der Waals surface area contributed by atoms with Crippen LogP contribution in [-0.2, 0) is 13.2 Å². The summed E-state index contributed by atoms with van der Waals surface area (Å²) in [6.07, 6.45) is 1.82. The zero-order valence-corrected chi connectivity index (χ0v) is 12.8. The summed E-state index contributed by atoms with van der Waals surface area (Å²) < 4.78 is 19.4. The Balaban J connectivity index is 1.95. The Morgan fingerprint density at radius 2 is 2.15 bits per heavy atom. The van der Waals surface area contributed by atoms with Crippen molar-refractivity contribution in [1.29, 1.82) is 0 Å². The molecule has 1 aromatic carbocycles. The molecule has 0 radical (unpaired) electrons. The first-order valence-corrected chi connectivity index (χ1v) is 7.20. The number of hydrogen-bond acceptors (Lipinski definition) is 3. The molecule has 5 heteroatoms. The van der Waals surface area contributed by atoms with Gasteiger partial charge in [0.25, 0.3) is 0 Å². The minimum atomic E-state index is -0.322. The molecule has 1 aromatic heterocycles. The molecule has 0 unspecified atom stereocenters. The van der Waals surface area contributed by atoms with Gasteiger partial charge in [-0.3, -0.25) is 4.98 Å². The summed E-state index contributed by atoms with van der Waals surface area (Å²) in [5.41, 5.74) is 1.93. The highest BCUT2D eigenvalue weighted by Crippen LogP contribution is 2.26. The van der Waals surface area contributed by atoms with E-state index in [1.54, 1.807) is 6.07 Å². The molecule has 106 valence electrons. The van der Waals surface area contributed by atoms with Gasteiger partial charge in [0.1, 0.15) is 18.2 Å². The van der Waals surface area contributed by atoms with E-state index < -0.39 is 0 Å². The summed E-state index contributed by atoms with van der Waals surface area (Å²) in [7, 11) is 0. The van der Waals surface area contributed by atoms with Gasteiger partial charge < -0.3 is 10.1 Å². The first kappa shape index (κ1) is 14.9. The molecule has 0 atom stereocenters. The van der Waals surface area contributed by atoms with Crippen molar-refractivity contribution in [2.45, 2.75) is 20.1 Å². The van der Waals surface area contributed by atoms with Crippen molar-refractivity contribution in [2.24, 2.45) is 0 Å². The van der Waals surface area contributed by atoms with E-state index in [1.807, 2.05) is 18.3 Å². The molecule has 0 spiro atoms. The molecule has 1 N–H and O–H groups in total. The molecule has 0 bridgehead atoms. The van der Waals surface area contributed by atoms with Crippen LogP contribution < -0.4 is 10.1 Å². The molecular formula is C15H16BrFN2O. The fraction of sp³-hybridized carbons (Fsp3) is 0.267. The number of aromatic nitrogens is 1. The lowest BCUT2D eigenvalue weighted by molar-refractivity contribution is 0.298. The summed E-state index contributed by atoms with van der Waals surface area (Å²) in [6, 6.07) is 8.28. The van der Waals surface area contributed by atoms with Crippen LogP contribution in [0.2, 0.25) is 0 Å². The van der Waals surface area contributed by atoms with E-state index in [0.717, 1.165) is 28.8 Å². The Hall–Kier alpha value is -1.46. The molecule has 2 rings (SSSR count). The monoisotopic (exact) mass is 338 g/mol. The Labute approximate surface area is 126 Å². The highest BCUT2D eigenvalue weighted by molar-refractivity contribution is 9.10. The van der Waals surface area contributed by atoms with Crippen LogP contribution in [0.4, 0.5) is 4.39 Å². The van der Waals surface area contributed by atoms with Gasteiger partial charge >= 0.3 is 0 Å². The topological polar surface area (TPSA) is 34.1 Å². The maximum absolute atomic E-state index is 13.1. The van der Waals surface area contributed by atoms with Gasteiger partial charge in [0.15, 0.2) is 0 Å². The fourth-order valence-electron chi connectivity index (χ4n) is 1.65. The smallest absolute Gasteiger partial charge is 0.136 e. The minimum absolute atomic E-state index is 0.309. The van der Waals surface area contributed by atoms with Crippen LogP contribution in [-0.4, -0.2) is 11.5 Å². The highest BCUT2D eigenvalue weighted by atomic mass is 79.9. The van der Waals surface area contributed by atoms with Crippen molar-refractivity contribution in [3.63, 3.8) is 0 Å². The molecule has 1 heterocycles.